The monoisotopic (exact) mass is 416 g/mol. The van der Waals surface area contributed by atoms with Crippen LogP contribution in [0.2, 0.25) is 0 Å². The largest absolute Gasteiger partial charge is 0.459 e. The summed E-state index contributed by atoms with van der Waals surface area (Å²) in [6.07, 6.45) is 0. The first-order chi connectivity index (χ1) is 14.5. The third-order valence-electron chi connectivity index (χ3n) is 4.83. The summed E-state index contributed by atoms with van der Waals surface area (Å²) in [7, 11) is 0. The number of amides is 1. The number of hydrogen-bond donors (Lipinski definition) is 3. The molecule has 150 valence electrons. The van der Waals surface area contributed by atoms with Gasteiger partial charge in [0.1, 0.15) is 18.1 Å². The molecule has 3 N–H and O–H groups in total. The number of nitrogens with one attached hydrogen (secondary N) is 2. The van der Waals surface area contributed by atoms with E-state index in [1.54, 1.807) is 12.1 Å². The summed E-state index contributed by atoms with van der Waals surface area (Å²) >= 11 is 5.33. The van der Waals surface area contributed by atoms with Crippen LogP contribution in [0.5, 0.6) is 0 Å². The van der Waals surface area contributed by atoms with Gasteiger partial charge in [-0.15, -0.1) is 0 Å². The van der Waals surface area contributed by atoms with Crippen LogP contribution in [0.15, 0.2) is 77.2 Å². The Kier molecular flexibility index (Phi) is 5.61. The Balaban J connectivity index is 1.47. The van der Waals surface area contributed by atoms with Gasteiger partial charge in [-0.05, 0) is 71.9 Å². The Morgan fingerprint density at radius 2 is 1.83 bits per heavy atom. The first kappa shape index (κ1) is 19.8. The Morgan fingerprint density at radius 3 is 2.60 bits per heavy atom. The van der Waals surface area contributed by atoms with Gasteiger partial charge < -0.3 is 14.8 Å². The summed E-state index contributed by atoms with van der Waals surface area (Å²) < 4.78 is 5.60. The number of carbonyl (C=O) groups excluding carboxylic acids is 1. The van der Waals surface area contributed by atoms with Gasteiger partial charge in [0.15, 0.2) is 5.11 Å². The smallest absolute Gasteiger partial charge is 0.258 e. The SMILES string of the molecule is Cc1cc(NC(=S)NC(=O)c2cccc3ccccc23)ccc1-c1ccc(CO)o1. The van der Waals surface area contributed by atoms with Gasteiger partial charge >= 0.3 is 0 Å². The summed E-state index contributed by atoms with van der Waals surface area (Å²) in [6.45, 7) is 1.82. The van der Waals surface area contributed by atoms with Crippen molar-refractivity contribution in [3.05, 3.63) is 89.7 Å². The van der Waals surface area contributed by atoms with Crippen LogP contribution in [0.4, 0.5) is 5.69 Å². The molecule has 0 radical (unpaired) electrons. The van der Waals surface area contributed by atoms with Gasteiger partial charge in [0.25, 0.3) is 5.91 Å². The van der Waals surface area contributed by atoms with E-state index in [2.05, 4.69) is 10.6 Å². The minimum Gasteiger partial charge on any atom is -0.459 e. The molecular formula is C24H20N2O3S. The molecule has 0 aliphatic carbocycles. The van der Waals surface area contributed by atoms with E-state index in [4.69, 9.17) is 16.6 Å². The van der Waals surface area contributed by atoms with Crippen LogP contribution in [-0.2, 0) is 6.61 Å². The van der Waals surface area contributed by atoms with Crippen molar-refractivity contribution in [1.82, 2.24) is 5.32 Å². The lowest BCUT2D eigenvalue weighted by Gasteiger charge is -2.12. The quantitative estimate of drug-likeness (QED) is 0.407. The Bertz CT molecular complexity index is 1240. The molecule has 30 heavy (non-hydrogen) atoms. The second-order valence-corrected chi connectivity index (χ2v) is 7.30. The van der Waals surface area contributed by atoms with E-state index in [-0.39, 0.29) is 17.6 Å². The normalized spacial score (nSPS) is 10.7. The molecule has 0 saturated heterocycles. The van der Waals surface area contributed by atoms with E-state index < -0.39 is 0 Å². The van der Waals surface area contributed by atoms with Crippen molar-refractivity contribution in [2.45, 2.75) is 13.5 Å². The fourth-order valence-corrected chi connectivity index (χ4v) is 3.59. The number of carbonyl (C=O) groups is 1. The minimum atomic E-state index is -0.259. The van der Waals surface area contributed by atoms with Gasteiger partial charge in [-0.1, -0.05) is 36.4 Å². The molecule has 5 nitrogen and oxygen atoms in total. The van der Waals surface area contributed by atoms with Crippen LogP contribution in [0.1, 0.15) is 21.7 Å². The Morgan fingerprint density at radius 1 is 1.03 bits per heavy atom. The van der Waals surface area contributed by atoms with Crippen LogP contribution in [0, 0.1) is 6.92 Å². The third-order valence-corrected chi connectivity index (χ3v) is 5.03. The zero-order valence-corrected chi connectivity index (χ0v) is 17.1. The second-order valence-electron chi connectivity index (χ2n) is 6.89. The van der Waals surface area contributed by atoms with E-state index in [0.29, 0.717) is 17.1 Å². The van der Waals surface area contributed by atoms with Crippen molar-refractivity contribution in [2.24, 2.45) is 0 Å². The van der Waals surface area contributed by atoms with Crippen molar-refractivity contribution in [3.63, 3.8) is 0 Å². The molecule has 0 spiro atoms. The van der Waals surface area contributed by atoms with Crippen molar-refractivity contribution >= 4 is 39.7 Å². The summed E-state index contributed by atoms with van der Waals surface area (Å²) in [5, 5.41) is 17.1. The summed E-state index contributed by atoms with van der Waals surface area (Å²) in [5.74, 6) is 0.948. The van der Waals surface area contributed by atoms with Gasteiger partial charge in [0.05, 0.1) is 0 Å². The van der Waals surface area contributed by atoms with Crippen molar-refractivity contribution in [3.8, 4) is 11.3 Å². The number of furan rings is 1. The van der Waals surface area contributed by atoms with E-state index in [0.717, 1.165) is 27.6 Å². The number of thiocarbonyl (C=S) groups is 1. The van der Waals surface area contributed by atoms with Crippen LogP contribution in [-0.4, -0.2) is 16.1 Å². The average molecular weight is 417 g/mol. The molecule has 1 heterocycles. The topological polar surface area (TPSA) is 74.5 Å². The lowest BCUT2D eigenvalue weighted by atomic mass is 10.0. The number of aliphatic hydroxyl groups excluding tert-OH is 1. The number of rotatable bonds is 4. The molecule has 6 heteroatoms. The maximum atomic E-state index is 12.7. The third kappa shape index (κ3) is 4.10. The molecular weight excluding hydrogens is 396 g/mol. The highest BCUT2D eigenvalue weighted by molar-refractivity contribution is 7.80. The second kappa shape index (κ2) is 8.49. The number of aliphatic hydroxyl groups is 1. The standard InChI is InChI=1S/C24H20N2O3S/c1-15-13-17(9-11-19(15)22-12-10-18(14-27)29-22)25-24(30)26-23(28)21-8-4-6-16-5-2-3-7-20(16)21/h2-13,27H,14H2,1H3,(H2,25,26,28,30). The highest BCUT2D eigenvalue weighted by Crippen LogP contribution is 2.28. The Hall–Kier alpha value is -3.48. The lowest BCUT2D eigenvalue weighted by Crippen LogP contribution is -2.34. The highest BCUT2D eigenvalue weighted by atomic mass is 32.1. The molecule has 0 saturated carbocycles. The zero-order valence-electron chi connectivity index (χ0n) is 16.3. The van der Waals surface area contributed by atoms with E-state index in [1.165, 1.54) is 0 Å². The zero-order chi connectivity index (χ0) is 21.1. The molecule has 0 unspecified atom stereocenters. The first-order valence-electron chi connectivity index (χ1n) is 9.46. The van der Waals surface area contributed by atoms with Crippen molar-refractivity contribution in [2.75, 3.05) is 5.32 Å². The van der Waals surface area contributed by atoms with E-state index >= 15 is 0 Å². The van der Waals surface area contributed by atoms with Crippen LogP contribution >= 0.6 is 12.2 Å². The molecule has 0 aliphatic heterocycles. The minimum absolute atomic E-state index is 0.136. The maximum Gasteiger partial charge on any atom is 0.258 e. The predicted molar refractivity (Wildman–Crippen MR) is 122 cm³/mol. The van der Waals surface area contributed by atoms with Crippen molar-refractivity contribution in [1.29, 1.82) is 0 Å². The van der Waals surface area contributed by atoms with Crippen molar-refractivity contribution < 1.29 is 14.3 Å². The molecule has 1 aromatic heterocycles. The van der Waals surface area contributed by atoms with Gasteiger partial charge in [-0.25, -0.2) is 0 Å². The van der Waals surface area contributed by atoms with E-state index in [1.807, 2.05) is 67.6 Å². The van der Waals surface area contributed by atoms with Crippen LogP contribution in [0.3, 0.4) is 0 Å². The van der Waals surface area contributed by atoms with Crippen LogP contribution in [0.25, 0.3) is 22.1 Å². The molecule has 3 aromatic carbocycles. The summed E-state index contributed by atoms with van der Waals surface area (Å²) in [6, 6.07) is 22.6. The molecule has 0 fully saturated rings. The maximum absolute atomic E-state index is 12.7. The summed E-state index contributed by atoms with van der Waals surface area (Å²) in [5.41, 5.74) is 3.22. The lowest BCUT2D eigenvalue weighted by molar-refractivity contribution is 0.0979. The molecule has 0 bridgehead atoms. The first-order valence-corrected chi connectivity index (χ1v) is 9.86. The van der Waals surface area contributed by atoms with E-state index in [9.17, 15) is 9.90 Å². The molecule has 0 aliphatic rings. The predicted octanol–water partition coefficient (Wildman–Crippen LogP) is 5.03. The van der Waals surface area contributed by atoms with Gasteiger partial charge in [-0.3, -0.25) is 10.1 Å². The highest BCUT2D eigenvalue weighted by Gasteiger charge is 2.12. The number of aryl methyl sites for hydroxylation is 1. The molecule has 1 amide bonds. The van der Waals surface area contributed by atoms with Gasteiger partial charge in [0.2, 0.25) is 0 Å². The average Bonchev–Trinajstić information content (AvgIpc) is 3.22. The number of hydrogen-bond acceptors (Lipinski definition) is 4. The van der Waals surface area contributed by atoms with Crippen LogP contribution < -0.4 is 10.6 Å². The molecule has 4 aromatic rings. The van der Waals surface area contributed by atoms with Gasteiger partial charge in [-0.2, -0.15) is 0 Å². The number of benzene rings is 3. The number of fused-ring (bicyclic) bond motifs is 1. The van der Waals surface area contributed by atoms with Gasteiger partial charge in [0, 0.05) is 16.8 Å². The molecule has 0 atom stereocenters. The fraction of sp³-hybridized carbons (Fsp3) is 0.0833. The summed E-state index contributed by atoms with van der Waals surface area (Å²) in [4.78, 5) is 12.7. The molecule has 4 rings (SSSR count). The fourth-order valence-electron chi connectivity index (χ4n) is 3.38. The Labute approximate surface area is 179 Å². The number of anilines is 1.